The summed E-state index contributed by atoms with van der Waals surface area (Å²) in [5.41, 5.74) is 1.29. The third-order valence-corrected chi connectivity index (χ3v) is 5.00. The maximum absolute atomic E-state index is 12.9. The summed E-state index contributed by atoms with van der Waals surface area (Å²) in [5, 5.41) is 0. The van der Waals surface area contributed by atoms with Gasteiger partial charge in [-0.1, -0.05) is 57.0 Å². The molecule has 24 heavy (non-hydrogen) atoms. The van der Waals surface area contributed by atoms with Gasteiger partial charge in [-0.05, 0) is 18.4 Å². The molecule has 0 radical (unpaired) electrons. The van der Waals surface area contributed by atoms with Crippen molar-refractivity contribution in [2.45, 2.75) is 46.3 Å². The molecule has 1 aliphatic heterocycles. The molecule has 1 aromatic carbocycles. The molecule has 1 heterocycles. The first kappa shape index (κ1) is 18.9. The van der Waals surface area contributed by atoms with Crippen molar-refractivity contribution < 1.29 is 9.53 Å². The summed E-state index contributed by atoms with van der Waals surface area (Å²) in [6.45, 7) is 11.2. The van der Waals surface area contributed by atoms with E-state index in [2.05, 4.69) is 49.9 Å². The normalized spacial score (nSPS) is 18.8. The highest BCUT2D eigenvalue weighted by Crippen LogP contribution is 2.15. The molecule has 134 valence electrons. The fourth-order valence-corrected chi connectivity index (χ4v) is 3.27. The number of likely N-dealkylation sites (N-methyl/N-ethyl adjacent to an activating group) is 1. The molecule has 2 rings (SSSR count). The maximum Gasteiger partial charge on any atom is 0.253 e. The molecule has 0 saturated carbocycles. The second-order valence-corrected chi connectivity index (χ2v) is 6.64. The van der Waals surface area contributed by atoms with E-state index in [0.717, 1.165) is 39.0 Å². The molecule has 0 bridgehead atoms. The summed E-state index contributed by atoms with van der Waals surface area (Å²) in [6.07, 6.45) is 1.91. The van der Waals surface area contributed by atoms with E-state index in [9.17, 15) is 4.79 Å². The van der Waals surface area contributed by atoms with E-state index in [1.165, 1.54) is 5.56 Å². The molecule has 1 aromatic rings. The van der Waals surface area contributed by atoms with Crippen LogP contribution >= 0.6 is 0 Å². The van der Waals surface area contributed by atoms with Crippen molar-refractivity contribution in [2.24, 2.45) is 5.92 Å². The lowest BCUT2D eigenvalue weighted by Crippen LogP contribution is -2.51. The van der Waals surface area contributed by atoms with Gasteiger partial charge in [0.15, 0.2) is 0 Å². The van der Waals surface area contributed by atoms with Gasteiger partial charge in [0.05, 0.1) is 6.61 Å². The van der Waals surface area contributed by atoms with Gasteiger partial charge in [-0.15, -0.1) is 0 Å². The van der Waals surface area contributed by atoms with Gasteiger partial charge in [0, 0.05) is 32.7 Å². The second kappa shape index (κ2) is 9.80. The van der Waals surface area contributed by atoms with Gasteiger partial charge in [0.2, 0.25) is 0 Å². The van der Waals surface area contributed by atoms with Gasteiger partial charge >= 0.3 is 0 Å². The SMILES string of the molecule is CCC(CC)CN(CC)C(=O)C1CN(Cc2ccccc2)CCO1. The summed E-state index contributed by atoms with van der Waals surface area (Å²) in [4.78, 5) is 17.2. The Bertz CT molecular complexity index is 488. The summed E-state index contributed by atoms with van der Waals surface area (Å²) < 4.78 is 5.81. The number of hydrogen-bond donors (Lipinski definition) is 0. The van der Waals surface area contributed by atoms with E-state index in [4.69, 9.17) is 4.74 Å². The zero-order chi connectivity index (χ0) is 17.4. The first-order chi connectivity index (χ1) is 11.7. The predicted octanol–water partition coefficient (Wildman–Crippen LogP) is 3.17. The predicted molar refractivity (Wildman–Crippen MR) is 97.8 cm³/mol. The molecule has 1 unspecified atom stereocenters. The Labute approximate surface area is 146 Å². The van der Waals surface area contributed by atoms with Crippen molar-refractivity contribution in [3.8, 4) is 0 Å². The highest BCUT2D eigenvalue weighted by molar-refractivity contribution is 5.81. The van der Waals surface area contributed by atoms with Crippen LogP contribution < -0.4 is 0 Å². The van der Waals surface area contributed by atoms with Crippen molar-refractivity contribution in [1.82, 2.24) is 9.80 Å². The summed E-state index contributed by atoms with van der Waals surface area (Å²) in [5.74, 6) is 0.736. The number of carbonyl (C=O) groups is 1. The third-order valence-electron chi connectivity index (χ3n) is 5.00. The van der Waals surface area contributed by atoms with Gasteiger partial charge < -0.3 is 9.64 Å². The molecule has 4 heteroatoms. The molecule has 1 atom stereocenters. The van der Waals surface area contributed by atoms with Crippen LogP contribution in [-0.4, -0.2) is 54.6 Å². The lowest BCUT2D eigenvalue weighted by molar-refractivity contribution is -0.150. The van der Waals surface area contributed by atoms with E-state index < -0.39 is 0 Å². The number of morpholine rings is 1. The number of ether oxygens (including phenoxy) is 1. The summed E-state index contributed by atoms with van der Waals surface area (Å²) in [6, 6.07) is 10.4. The van der Waals surface area contributed by atoms with Crippen LogP contribution in [0.3, 0.4) is 0 Å². The number of nitrogens with zero attached hydrogens (tertiary/aromatic N) is 2. The Morgan fingerprint density at radius 2 is 1.96 bits per heavy atom. The fourth-order valence-electron chi connectivity index (χ4n) is 3.27. The minimum absolute atomic E-state index is 0.155. The molecule has 0 aliphatic carbocycles. The van der Waals surface area contributed by atoms with Crippen molar-refractivity contribution in [3.05, 3.63) is 35.9 Å². The van der Waals surface area contributed by atoms with Gasteiger partial charge in [0.1, 0.15) is 6.10 Å². The maximum atomic E-state index is 12.9. The minimum atomic E-state index is -0.322. The van der Waals surface area contributed by atoms with Crippen LogP contribution in [0, 0.1) is 5.92 Å². The van der Waals surface area contributed by atoms with Gasteiger partial charge in [-0.3, -0.25) is 9.69 Å². The second-order valence-electron chi connectivity index (χ2n) is 6.64. The Morgan fingerprint density at radius 1 is 1.25 bits per heavy atom. The third kappa shape index (κ3) is 5.32. The number of carbonyl (C=O) groups excluding carboxylic acids is 1. The van der Waals surface area contributed by atoms with E-state index >= 15 is 0 Å². The van der Waals surface area contributed by atoms with E-state index in [1.807, 2.05) is 11.0 Å². The molecule has 1 saturated heterocycles. The lowest BCUT2D eigenvalue weighted by atomic mass is 10.0. The fraction of sp³-hybridized carbons (Fsp3) is 0.650. The molecule has 1 aliphatic rings. The van der Waals surface area contributed by atoms with Crippen LogP contribution in [0.4, 0.5) is 0 Å². The Morgan fingerprint density at radius 3 is 2.58 bits per heavy atom. The first-order valence-corrected chi connectivity index (χ1v) is 9.34. The molecule has 0 aromatic heterocycles. The van der Waals surface area contributed by atoms with Crippen molar-refractivity contribution >= 4 is 5.91 Å². The molecule has 4 nitrogen and oxygen atoms in total. The number of rotatable bonds is 8. The summed E-state index contributed by atoms with van der Waals surface area (Å²) in [7, 11) is 0. The zero-order valence-corrected chi connectivity index (χ0v) is 15.4. The molecule has 1 fully saturated rings. The number of hydrogen-bond acceptors (Lipinski definition) is 3. The topological polar surface area (TPSA) is 32.8 Å². The van der Waals surface area contributed by atoms with Crippen LogP contribution in [0.15, 0.2) is 30.3 Å². The average molecular weight is 332 g/mol. The van der Waals surface area contributed by atoms with Crippen LogP contribution in [0.2, 0.25) is 0 Å². The zero-order valence-electron chi connectivity index (χ0n) is 15.4. The molecule has 1 amide bonds. The van der Waals surface area contributed by atoms with Gasteiger partial charge in [0.25, 0.3) is 5.91 Å². The number of benzene rings is 1. The first-order valence-electron chi connectivity index (χ1n) is 9.34. The van der Waals surface area contributed by atoms with Crippen LogP contribution in [0.1, 0.15) is 39.2 Å². The van der Waals surface area contributed by atoms with E-state index in [0.29, 0.717) is 19.1 Å². The monoisotopic (exact) mass is 332 g/mol. The van der Waals surface area contributed by atoms with Crippen molar-refractivity contribution in [2.75, 3.05) is 32.8 Å². The summed E-state index contributed by atoms with van der Waals surface area (Å²) >= 11 is 0. The lowest BCUT2D eigenvalue weighted by Gasteiger charge is -2.35. The van der Waals surface area contributed by atoms with Gasteiger partial charge in [-0.25, -0.2) is 0 Å². The number of amides is 1. The molecule has 0 N–H and O–H groups in total. The van der Waals surface area contributed by atoms with Crippen LogP contribution in [-0.2, 0) is 16.1 Å². The van der Waals surface area contributed by atoms with Crippen molar-refractivity contribution in [1.29, 1.82) is 0 Å². The minimum Gasteiger partial charge on any atom is -0.366 e. The standard InChI is InChI=1S/C20H32N2O2/c1-4-17(5-2)15-22(6-3)20(23)19-16-21(12-13-24-19)14-18-10-8-7-9-11-18/h7-11,17,19H,4-6,12-16H2,1-3H3. The average Bonchev–Trinajstić information content (AvgIpc) is 2.63. The van der Waals surface area contributed by atoms with E-state index in [-0.39, 0.29) is 12.0 Å². The highest BCUT2D eigenvalue weighted by Gasteiger charge is 2.30. The highest BCUT2D eigenvalue weighted by atomic mass is 16.5. The van der Waals surface area contributed by atoms with Crippen LogP contribution in [0.5, 0.6) is 0 Å². The smallest absolute Gasteiger partial charge is 0.253 e. The quantitative estimate of drug-likeness (QED) is 0.733. The Balaban J connectivity index is 1.93. The Hall–Kier alpha value is -1.39. The van der Waals surface area contributed by atoms with Crippen molar-refractivity contribution in [3.63, 3.8) is 0 Å². The molecule has 0 spiro atoms. The Kier molecular flexibility index (Phi) is 7.73. The molecular weight excluding hydrogens is 300 g/mol. The van der Waals surface area contributed by atoms with Crippen LogP contribution in [0.25, 0.3) is 0 Å². The van der Waals surface area contributed by atoms with E-state index in [1.54, 1.807) is 0 Å². The van der Waals surface area contributed by atoms with Gasteiger partial charge in [-0.2, -0.15) is 0 Å². The largest absolute Gasteiger partial charge is 0.366 e. The molecular formula is C20H32N2O2.